The third-order valence-corrected chi connectivity index (χ3v) is 5.58. The zero-order chi connectivity index (χ0) is 21.8. The van der Waals surface area contributed by atoms with Crippen LogP contribution in [0.5, 0.6) is 5.75 Å². The van der Waals surface area contributed by atoms with Crippen LogP contribution in [-0.2, 0) is 9.53 Å². The Morgan fingerprint density at radius 2 is 1.97 bits per heavy atom. The molecule has 4 rings (SSSR count). The highest BCUT2D eigenvalue weighted by molar-refractivity contribution is 7.80. The number of thiocarbonyl (C=S) groups is 1. The van der Waals surface area contributed by atoms with Gasteiger partial charge in [-0.25, -0.2) is 0 Å². The molecule has 3 aromatic rings. The smallest absolute Gasteiger partial charge is 0.325 e. The highest BCUT2D eigenvalue weighted by Gasteiger charge is 2.42. The van der Waals surface area contributed by atoms with Crippen molar-refractivity contribution >= 4 is 23.3 Å². The first-order chi connectivity index (χ1) is 15.1. The standard InChI is InChI=1S/C23H24N4O3S/c1-3-30-20(28)15-27-22(21(25-23(27)31)16-9-6-7-13-24-16)18-11-8-14-26(18)17-10-4-5-12-19(17)29-2/h4-14,21-22H,3,15H2,1-2H3,(H,25,31). The fourth-order valence-electron chi connectivity index (χ4n) is 3.93. The second-order valence-corrected chi connectivity index (χ2v) is 7.42. The SMILES string of the molecule is CCOC(=O)CN1C(=S)NC(c2ccccn2)C1c1cccn1-c1ccccc1OC. The van der Waals surface area contributed by atoms with Crippen LogP contribution in [0.4, 0.5) is 0 Å². The molecular formula is C23H24N4O3S. The molecule has 31 heavy (non-hydrogen) atoms. The molecule has 160 valence electrons. The van der Waals surface area contributed by atoms with Crippen LogP contribution in [0.25, 0.3) is 5.69 Å². The predicted molar refractivity (Wildman–Crippen MR) is 121 cm³/mol. The monoisotopic (exact) mass is 436 g/mol. The van der Waals surface area contributed by atoms with Crippen LogP contribution in [0.15, 0.2) is 67.0 Å². The zero-order valence-corrected chi connectivity index (χ0v) is 18.2. The molecule has 0 radical (unpaired) electrons. The Labute approximate surface area is 186 Å². The number of aromatic nitrogens is 2. The summed E-state index contributed by atoms with van der Waals surface area (Å²) in [6.07, 6.45) is 3.73. The molecule has 3 heterocycles. The first-order valence-electron chi connectivity index (χ1n) is 10.1. The lowest BCUT2D eigenvalue weighted by atomic mass is 10.0. The van der Waals surface area contributed by atoms with E-state index in [-0.39, 0.29) is 24.6 Å². The number of benzene rings is 1. The largest absolute Gasteiger partial charge is 0.495 e. The van der Waals surface area contributed by atoms with E-state index in [1.165, 1.54) is 0 Å². The Balaban J connectivity index is 1.81. The minimum absolute atomic E-state index is 0.0464. The first kappa shape index (κ1) is 20.9. The van der Waals surface area contributed by atoms with Gasteiger partial charge in [-0.05, 0) is 55.5 Å². The van der Waals surface area contributed by atoms with Gasteiger partial charge in [-0.15, -0.1) is 0 Å². The van der Waals surface area contributed by atoms with Gasteiger partial charge >= 0.3 is 5.97 Å². The topological polar surface area (TPSA) is 68.6 Å². The number of carbonyl (C=O) groups is 1. The Morgan fingerprint density at radius 3 is 2.71 bits per heavy atom. The first-order valence-corrected chi connectivity index (χ1v) is 10.5. The average molecular weight is 437 g/mol. The number of methoxy groups -OCH3 is 1. The van der Waals surface area contributed by atoms with Crippen molar-refractivity contribution in [3.63, 3.8) is 0 Å². The molecule has 0 amide bonds. The molecule has 1 aromatic carbocycles. The van der Waals surface area contributed by atoms with Crippen molar-refractivity contribution < 1.29 is 14.3 Å². The van der Waals surface area contributed by atoms with E-state index in [0.29, 0.717) is 11.7 Å². The molecule has 1 fully saturated rings. The minimum atomic E-state index is -0.325. The van der Waals surface area contributed by atoms with Gasteiger partial charge in [0, 0.05) is 18.1 Å². The summed E-state index contributed by atoms with van der Waals surface area (Å²) >= 11 is 5.63. The minimum Gasteiger partial charge on any atom is -0.495 e. The van der Waals surface area contributed by atoms with Crippen LogP contribution in [0, 0.1) is 0 Å². The normalized spacial score (nSPS) is 18.0. The van der Waals surface area contributed by atoms with Crippen molar-refractivity contribution in [2.24, 2.45) is 0 Å². The quantitative estimate of drug-likeness (QED) is 0.450. The summed E-state index contributed by atoms with van der Waals surface area (Å²) in [6.45, 7) is 2.16. The summed E-state index contributed by atoms with van der Waals surface area (Å²) in [5, 5.41) is 3.84. The number of esters is 1. The van der Waals surface area contributed by atoms with Crippen molar-refractivity contribution in [1.82, 2.24) is 19.8 Å². The molecule has 7 nitrogen and oxygen atoms in total. The third kappa shape index (κ3) is 4.11. The lowest BCUT2D eigenvalue weighted by Crippen LogP contribution is -2.36. The number of hydrogen-bond acceptors (Lipinski definition) is 5. The highest BCUT2D eigenvalue weighted by Crippen LogP contribution is 2.40. The maximum Gasteiger partial charge on any atom is 0.325 e. The zero-order valence-electron chi connectivity index (χ0n) is 17.4. The number of ether oxygens (including phenoxy) is 2. The summed E-state index contributed by atoms with van der Waals surface area (Å²) in [5.74, 6) is 0.425. The molecule has 0 bridgehead atoms. The van der Waals surface area contributed by atoms with E-state index in [1.54, 1.807) is 20.2 Å². The van der Waals surface area contributed by atoms with Gasteiger partial charge in [0.15, 0.2) is 5.11 Å². The summed E-state index contributed by atoms with van der Waals surface area (Å²) in [4.78, 5) is 18.8. The van der Waals surface area contributed by atoms with Crippen molar-refractivity contribution in [3.8, 4) is 11.4 Å². The van der Waals surface area contributed by atoms with Crippen LogP contribution >= 0.6 is 12.2 Å². The van der Waals surface area contributed by atoms with Gasteiger partial charge in [0.05, 0.1) is 37.2 Å². The summed E-state index contributed by atoms with van der Waals surface area (Å²) in [6, 6.07) is 17.1. The second-order valence-electron chi connectivity index (χ2n) is 7.03. The molecule has 1 N–H and O–H groups in total. The van der Waals surface area contributed by atoms with E-state index >= 15 is 0 Å². The summed E-state index contributed by atoms with van der Waals surface area (Å²) in [7, 11) is 1.65. The van der Waals surface area contributed by atoms with Gasteiger partial charge in [0.1, 0.15) is 12.3 Å². The molecule has 0 saturated carbocycles. The Kier molecular flexibility index (Phi) is 6.18. The fourth-order valence-corrected chi connectivity index (χ4v) is 4.23. The number of rotatable bonds is 7. The Hall–Kier alpha value is -3.39. The van der Waals surface area contributed by atoms with E-state index in [0.717, 1.165) is 22.8 Å². The predicted octanol–water partition coefficient (Wildman–Crippen LogP) is 3.42. The van der Waals surface area contributed by atoms with Crippen LogP contribution in [0.2, 0.25) is 0 Å². The number of hydrogen-bond donors (Lipinski definition) is 1. The molecule has 2 aromatic heterocycles. The van der Waals surface area contributed by atoms with Crippen LogP contribution in [-0.4, -0.2) is 45.8 Å². The number of carbonyl (C=O) groups excluding carboxylic acids is 1. The van der Waals surface area contributed by atoms with E-state index in [4.69, 9.17) is 21.7 Å². The summed E-state index contributed by atoms with van der Waals surface area (Å²) < 4.78 is 12.8. The lowest BCUT2D eigenvalue weighted by Gasteiger charge is -2.28. The van der Waals surface area contributed by atoms with Crippen molar-refractivity contribution in [2.45, 2.75) is 19.0 Å². The van der Waals surface area contributed by atoms with Crippen LogP contribution in [0.3, 0.4) is 0 Å². The van der Waals surface area contributed by atoms with Crippen molar-refractivity contribution in [3.05, 3.63) is 78.4 Å². The summed E-state index contributed by atoms with van der Waals surface area (Å²) in [5.41, 5.74) is 2.70. The number of nitrogens with one attached hydrogen (secondary N) is 1. The molecule has 1 saturated heterocycles. The number of pyridine rings is 1. The van der Waals surface area contributed by atoms with Crippen LogP contribution < -0.4 is 10.1 Å². The van der Waals surface area contributed by atoms with Gasteiger partial charge in [-0.3, -0.25) is 9.78 Å². The Bertz CT molecular complexity index is 1070. The molecule has 1 aliphatic heterocycles. The van der Waals surface area contributed by atoms with E-state index in [9.17, 15) is 4.79 Å². The van der Waals surface area contributed by atoms with Crippen LogP contribution in [0.1, 0.15) is 30.4 Å². The van der Waals surface area contributed by atoms with E-state index in [1.807, 2.05) is 65.7 Å². The average Bonchev–Trinajstić information content (AvgIpc) is 3.39. The Morgan fingerprint density at radius 1 is 1.16 bits per heavy atom. The van der Waals surface area contributed by atoms with Crippen molar-refractivity contribution in [1.29, 1.82) is 0 Å². The number of para-hydroxylation sites is 2. The van der Waals surface area contributed by atoms with Gasteiger partial charge in [-0.2, -0.15) is 0 Å². The van der Waals surface area contributed by atoms with Gasteiger partial charge in [0.2, 0.25) is 0 Å². The van der Waals surface area contributed by atoms with Gasteiger partial charge in [0.25, 0.3) is 0 Å². The molecule has 2 atom stereocenters. The number of nitrogens with zero attached hydrogens (tertiary/aromatic N) is 3. The maximum atomic E-state index is 12.4. The van der Waals surface area contributed by atoms with Gasteiger partial charge in [-0.1, -0.05) is 18.2 Å². The van der Waals surface area contributed by atoms with E-state index < -0.39 is 0 Å². The maximum absolute atomic E-state index is 12.4. The second kappa shape index (κ2) is 9.18. The molecule has 2 unspecified atom stereocenters. The molecule has 0 aliphatic carbocycles. The van der Waals surface area contributed by atoms with E-state index in [2.05, 4.69) is 14.9 Å². The molecule has 8 heteroatoms. The van der Waals surface area contributed by atoms with Gasteiger partial charge < -0.3 is 24.3 Å². The molecular weight excluding hydrogens is 412 g/mol. The fraction of sp³-hybridized carbons (Fsp3) is 0.261. The molecule has 1 aliphatic rings. The third-order valence-electron chi connectivity index (χ3n) is 5.23. The lowest BCUT2D eigenvalue weighted by molar-refractivity contribution is -0.143. The van der Waals surface area contributed by atoms with Crippen molar-refractivity contribution in [2.75, 3.05) is 20.3 Å². The molecule has 0 spiro atoms. The highest BCUT2D eigenvalue weighted by atomic mass is 32.1.